The molecule has 2 rings (SSSR count). The van der Waals surface area contributed by atoms with Crippen LogP contribution in [0.5, 0.6) is 11.5 Å². The highest BCUT2D eigenvalue weighted by molar-refractivity contribution is 9.10. The summed E-state index contributed by atoms with van der Waals surface area (Å²) in [6.07, 6.45) is 1.56. The molecule has 0 N–H and O–H groups in total. The van der Waals surface area contributed by atoms with Crippen molar-refractivity contribution in [2.45, 2.75) is 13.8 Å². The maximum Gasteiger partial charge on any atom is 0.188 e. The van der Waals surface area contributed by atoms with Crippen molar-refractivity contribution in [3.63, 3.8) is 0 Å². The first-order chi connectivity index (χ1) is 9.67. The minimum atomic E-state index is 0.618. The summed E-state index contributed by atoms with van der Waals surface area (Å²) in [6.45, 7) is 5.98. The van der Waals surface area contributed by atoms with Crippen LogP contribution in [-0.2, 0) is 0 Å². The van der Waals surface area contributed by atoms with Gasteiger partial charge in [0.25, 0.3) is 0 Å². The van der Waals surface area contributed by atoms with Crippen LogP contribution in [0.4, 0.5) is 5.82 Å². The molecule has 0 aliphatic carbocycles. The maximum atomic E-state index is 5.47. The Kier molecular flexibility index (Phi) is 4.65. The lowest BCUT2D eigenvalue weighted by atomic mass is 10.2. The van der Waals surface area contributed by atoms with Crippen LogP contribution in [0.3, 0.4) is 0 Å². The molecular weight excluding hydrogens is 322 g/mol. The van der Waals surface area contributed by atoms with E-state index >= 15 is 0 Å². The Morgan fingerprint density at radius 1 is 1.10 bits per heavy atom. The van der Waals surface area contributed by atoms with Crippen LogP contribution in [0.1, 0.15) is 13.8 Å². The molecule has 20 heavy (non-hydrogen) atoms. The molecule has 5 nitrogen and oxygen atoms in total. The van der Waals surface area contributed by atoms with E-state index in [0.29, 0.717) is 11.5 Å². The highest BCUT2D eigenvalue weighted by atomic mass is 79.9. The van der Waals surface area contributed by atoms with Crippen molar-refractivity contribution in [1.29, 1.82) is 0 Å². The minimum absolute atomic E-state index is 0.618. The molecule has 0 aliphatic heterocycles. The van der Waals surface area contributed by atoms with E-state index in [4.69, 9.17) is 9.47 Å². The molecule has 6 heteroatoms. The number of rotatable bonds is 5. The Labute approximate surface area is 127 Å². The van der Waals surface area contributed by atoms with E-state index in [2.05, 4.69) is 44.6 Å². The van der Waals surface area contributed by atoms with Gasteiger partial charge in [0, 0.05) is 18.5 Å². The lowest BCUT2D eigenvalue weighted by Crippen LogP contribution is -2.23. The molecule has 0 aliphatic rings. The zero-order chi connectivity index (χ0) is 14.7. The number of hydrogen-bond donors (Lipinski definition) is 0. The van der Waals surface area contributed by atoms with Gasteiger partial charge in [0.05, 0.1) is 18.7 Å². The van der Waals surface area contributed by atoms with Crippen molar-refractivity contribution in [3.8, 4) is 11.5 Å². The fraction of sp³-hybridized carbons (Fsp3) is 0.429. The molecule has 0 saturated carbocycles. The van der Waals surface area contributed by atoms with Gasteiger partial charge in [-0.1, -0.05) is 0 Å². The SMILES string of the molecule is CCN(CC)c1ncnc2c(OC)c(OC)c(Br)cc12. The number of nitrogens with zero attached hydrogens (tertiary/aromatic N) is 3. The molecule has 1 aromatic carbocycles. The van der Waals surface area contributed by atoms with Crippen LogP contribution in [0.25, 0.3) is 10.9 Å². The average Bonchev–Trinajstić information content (AvgIpc) is 2.47. The molecule has 0 amide bonds. The second kappa shape index (κ2) is 6.26. The van der Waals surface area contributed by atoms with E-state index in [1.807, 2.05) is 6.07 Å². The number of benzene rings is 1. The van der Waals surface area contributed by atoms with E-state index in [1.165, 1.54) is 0 Å². The summed E-state index contributed by atoms with van der Waals surface area (Å²) in [5, 5.41) is 0.945. The fourth-order valence-electron chi connectivity index (χ4n) is 2.26. The predicted octanol–water partition coefficient (Wildman–Crippen LogP) is 3.26. The Balaban J connectivity index is 2.79. The lowest BCUT2D eigenvalue weighted by Gasteiger charge is -2.22. The molecule has 1 heterocycles. The van der Waals surface area contributed by atoms with Crippen LogP contribution < -0.4 is 14.4 Å². The Morgan fingerprint density at radius 3 is 2.30 bits per heavy atom. The first-order valence-corrected chi connectivity index (χ1v) is 7.27. The monoisotopic (exact) mass is 339 g/mol. The molecule has 0 radical (unpaired) electrons. The summed E-state index contributed by atoms with van der Waals surface area (Å²) >= 11 is 3.52. The zero-order valence-corrected chi connectivity index (χ0v) is 13.7. The Morgan fingerprint density at radius 2 is 1.75 bits per heavy atom. The third kappa shape index (κ3) is 2.40. The van der Waals surface area contributed by atoms with Gasteiger partial charge in [-0.2, -0.15) is 0 Å². The van der Waals surface area contributed by atoms with Gasteiger partial charge in [0.1, 0.15) is 17.7 Å². The van der Waals surface area contributed by atoms with Crippen LogP contribution in [-0.4, -0.2) is 37.3 Å². The number of aromatic nitrogens is 2. The summed E-state index contributed by atoms with van der Waals surface area (Å²) in [7, 11) is 3.23. The summed E-state index contributed by atoms with van der Waals surface area (Å²) < 4.78 is 11.7. The van der Waals surface area contributed by atoms with Crippen LogP contribution in [0, 0.1) is 0 Å². The van der Waals surface area contributed by atoms with Gasteiger partial charge < -0.3 is 14.4 Å². The van der Waals surface area contributed by atoms with E-state index in [-0.39, 0.29) is 0 Å². The molecule has 0 bridgehead atoms. The van der Waals surface area contributed by atoms with Gasteiger partial charge >= 0.3 is 0 Å². The van der Waals surface area contributed by atoms with Gasteiger partial charge in [0.2, 0.25) is 0 Å². The third-order valence-electron chi connectivity index (χ3n) is 3.24. The summed E-state index contributed by atoms with van der Waals surface area (Å²) in [5.41, 5.74) is 0.754. The van der Waals surface area contributed by atoms with Crippen molar-refractivity contribution in [2.75, 3.05) is 32.2 Å². The third-order valence-corrected chi connectivity index (χ3v) is 3.83. The minimum Gasteiger partial charge on any atom is -0.492 e. The predicted molar refractivity (Wildman–Crippen MR) is 83.9 cm³/mol. The molecule has 0 saturated heterocycles. The van der Waals surface area contributed by atoms with Gasteiger partial charge in [-0.25, -0.2) is 9.97 Å². The molecule has 0 spiro atoms. The second-order valence-electron chi connectivity index (χ2n) is 4.19. The number of ether oxygens (including phenoxy) is 2. The standard InChI is InChI=1S/C14H18BrN3O2/c1-5-18(6-2)14-9-7-10(15)12(19-3)13(20-4)11(9)16-8-17-14/h7-8H,5-6H2,1-4H3. The first-order valence-electron chi connectivity index (χ1n) is 6.47. The van der Waals surface area contributed by atoms with E-state index in [0.717, 1.165) is 34.3 Å². The summed E-state index contributed by atoms with van der Waals surface area (Å²) in [6, 6.07) is 1.98. The van der Waals surface area contributed by atoms with Crippen LogP contribution >= 0.6 is 15.9 Å². The molecule has 0 unspecified atom stereocenters. The average molecular weight is 340 g/mol. The van der Waals surface area contributed by atoms with Crippen LogP contribution in [0.2, 0.25) is 0 Å². The van der Waals surface area contributed by atoms with Crippen molar-refractivity contribution in [1.82, 2.24) is 9.97 Å². The van der Waals surface area contributed by atoms with Gasteiger partial charge in [-0.3, -0.25) is 0 Å². The molecule has 1 aromatic heterocycles. The van der Waals surface area contributed by atoms with Crippen molar-refractivity contribution < 1.29 is 9.47 Å². The smallest absolute Gasteiger partial charge is 0.188 e. The fourth-order valence-corrected chi connectivity index (χ4v) is 2.83. The maximum absolute atomic E-state index is 5.47. The largest absolute Gasteiger partial charge is 0.492 e. The van der Waals surface area contributed by atoms with Gasteiger partial charge in [-0.05, 0) is 35.8 Å². The Hall–Kier alpha value is -1.56. The topological polar surface area (TPSA) is 47.5 Å². The van der Waals surface area contributed by atoms with Crippen molar-refractivity contribution >= 4 is 32.7 Å². The highest BCUT2D eigenvalue weighted by Crippen LogP contribution is 2.42. The molecule has 108 valence electrons. The number of hydrogen-bond acceptors (Lipinski definition) is 5. The number of fused-ring (bicyclic) bond motifs is 1. The number of methoxy groups -OCH3 is 2. The van der Waals surface area contributed by atoms with E-state index in [1.54, 1.807) is 20.5 Å². The number of anilines is 1. The normalized spacial score (nSPS) is 10.7. The summed E-state index contributed by atoms with van der Waals surface area (Å²) in [5.74, 6) is 2.17. The quantitative estimate of drug-likeness (QED) is 0.836. The van der Waals surface area contributed by atoms with Gasteiger partial charge in [0.15, 0.2) is 11.5 Å². The van der Waals surface area contributed by atoms with E-state index in [9.17, 15) is 0 Å². The first kappa shape index (κ1) is 14.8. The van der Waals surface area contributed by atoms with Crippen molar-refractivity contribution in [2.24, 2.45) is 0 Å². The lowest BCUT2D eigenvalue weighted by molar-refractivity contribution is 0.356. The van der Waals surface area contributed by atoms with E-state index < -0.39 is 0 Å². The molecule has 0 atom stereocenters. The zero-order valence-electron chi connectivity index (χ0n) is 12.1. The van der Waals surface area contributed by atoms with Gasteiger partial charge in [-0.15, -0.1) is 0 Å². The molecular formula is C14H18BrN3O2. The summed E-state index contributed by atoms with van der Waals surface area (Å²) in [4.78, 5) is 11.0. The van der Waals surface area contributed by atoms with Crippen molar-refractivity contribution in [3.05, 3.63) is 16.9 Å². The molecule has 2 aromatic rings. The Bertz CT molecular complexity index is 615. The van der Waals surface area contributed by atoms with Crippen LogP contribution in [0.15, 0.2) is 16.9 Å². The number of halogens is 1. The molecule has 0 fully saturated rings. The highest BCUT2D eigenvalue weighted by Gasteiger charge is 2.19. The second-order valence-corrected chi connectivity index (χ2v) is 5.04.